The summed E-state index contributed by atoms with van der Waals surface area (Å²) in [5.41, 5.74) is 0.484. The Labute approximate surface area is 122 Å². The SMILES string of the molecule is C[C@H](NC(=O)c1nn(C)cc1Br)[C@H]1C[C@@H]2CC[C@@H]1C2. The predicted molar refractivity (Wildman–Crippen MR) is 76.8 cm³/mol. The summed E-state index contributed by atoms with van der Waals surface area (Å²) in [6, 6.07) is 0.247. The van der Waals surface area contributed by atoms with Gasteiger partial charge in [0.05, 0.1) is 4.47 Å². The smallest absolute Gasteiger partial charge is 0.273 e. The van der Waals surface area contributed by atoms with E-state index in [9.17, 15) is 4.79 Å². The summed E-state index contributed by atoms with van der Waals surface area (Å²) in [5, 5.41) is 7.33. The molecule has 19 heavy (non-hydrogen) atoms. The summed E-state index contributed by atoms with van der Waals surface area (Å²) in [6.07, 6.45) is 7.21. The quantitative estimate of drug-likeness (QED) is 0.928. The van der Waals surface area contributed by atoms with E-state index in [1.165, 1.54) is 25.7 Å². The molecule has 2 fully saturated rings. The molecule has 2 bridgehead atoms. The molecule has 4 atom stereocenters. The molecule has 2 aliphatic carbocycles. The molecular formula is C14H20BrN3O. The lowest BCUT2D eigenvalue weighted by Gasteiger charge is -2.28. The van der Waals surface area contributed by atoms with Crippen molar-refractivity contribution in [2.75, 3.05) is 0 Å². The Morgan fingerprint density at radius 1 is 1.53 bits per heavy atom. The highest BCUT2D eigenvalue weighted by atomic mass is 79.9. The Bertz CT molecular complexity index is 499. The van der Waals surface area contributed by atoms with E-state index in [1.54, 1.807) is 10.9 Å². The van der Waals surface area contributed by atoms with Gasteiger partial charge < -0.3 is 5.32 Å². The zero-order chi connectivity index (χ0) is 13.6. The Morgan fingerprint density at radius 3 is 2.84 bits per heavy atom. The fraction of sp³-hybridized carbons (Fsp3) is 0.714. The van der Waals surface area contributed by atoms with E-state index in [2.05, 4.69) is 33.3 Å². The van der Waals surface area contributed by atoms with Crippen LogP contribution in [0.4, 0.5) is 0 Å². The number of hydrogen-bond acceptors (Lipinski definition) is 2. The first-order valence-electron chi connectivity index (χ1n) is 7.04. The van der Waals surface area contributed by atoms with Crippen molar-refractivity contribution >= 4 is 21.8 Å². The topological polar surface area (TPSA) is 46.9 Å². The molecule has 0 spiro atoms. The third kappa shape index (κ3) is 2.45. The third-order valence-electron chi connectivity index (χ3n) is 4.79. The van der Waals surface area contributed by atoms with Crippen LogP contribution in [-0.2, 0) is 7.05 Å². The van der Waals surface area contributed by atoms with Gasteiger partial charge >= 0.3 is 0 Å². The number of aryl methyl sites for hydroxylation is 1. The number of hydrogen-bond donors (Lipinski definition) is 1. The Hall–Kier alpha value is -0.840. The number of halogens is 1. The second kappa shape index (κ2) is 4.93. The van der Waals surface area contributed by atoms with Crippen LogP contribution < -0.4 is 5.32 Å². The van der Waals surface area contributed by atoms with Crippen LogP contribution >= 0.6 is 15.9 Å². The minimum Gasteiger partial charge on any atom is -0.348 e. The molecule has 0 unspecified atom stereocenters. The molecule has 2 aliphatic rings. The van der Waals surface area contributed by atoms with Crippen molar-refractivity contribution in [3.8, 4) is 0 Å². The third-order valence-corrected chi connectivity index (χ3v) is 5.37. The lowest BCUT2D eigenvalue weighted by Crippen LogP contribution is -2.40. The highest BCUT2D eigenvalue weighted by Crippen LogP contribution is 2.49. The first-order valence-corrected chi connectivity index (χ1v) is 7.84. The number of nitrogens with zero attached hydrogens (tertiary/aromatic N) is 2. The molecule has 3 rings (SSSR count). The number of carbonyl (C=O) groups is 1. The summed E-state index contributed by atoms with van der Waals surface area (Å²) in [6.45, 7) is 2.14. The van der Waals surface area contributed by atoms with E-state index in [-0.39, 0.29) is 11.9 Å². The van der Waals surface area contributed by atoms with Crippen LogP contribution in [-0.4, -0.2) is 21.7 Å². The van der Waals surface area contributed by atoms with Crippen LogP contribution in [0.25, 0.3) is 0 Å². The monoisotopic (exact) mass is 325 g/mol. The van der Waals surface area contributed by atoms with Crippen LogP contribution in [0.5, 0.6) is 0 Å². The van der Waals surface area contributed by atoms with Gasteiger partial charge in [0.15, 0.2) is 5.69 Å². The fourth-order valence-corrected chi connectivity index (χ4v) is 4.46. The van der Waals surface area contributed by atoms with Crippen molar-refractivity contribution in [3.05, 3.63) is 16.4 Å². The number of nitrogens with one attached hydrogen (secondary N) is 1. The maximum Gasteiger partial charge on any atom is 0.273 e. The molecular weight excluding hydrogens is 306 g/mol. The molecule has 0 saturated heterocycles. The standard InChI is InChI=1S/C14H20BrN3O/c1-8(11-6-9-3-4-10(11)5-9)16-14(19)13-12(15)7-18(2)17-13/h7-11H,3-6H2,1-2H3,(H,16,19)/t8-,9+,10+,11+/m0/s1. The van der Waals surface area contributed by atoms with Crippen molar-refractivity contribution in [2.24, 2.45) is 24.8 Å². The van der Waals surface area contributed by atoms with Gasteiger partial charge in [-0.05, 0) is 59.9 Å². The average molecular weight is 326 g/mol. The summed E-state index contributed by atoms with van der Waals surface area (Å²) >= 11 is 3.38. The van der Waals surface area contributed by atoms with Gasteiger partial charge in [-0.15, -0.1) is 0 Å². The van der Waals surface area contributed by atoms with Gasteiger partial charge in [-0.2, -0.15) is 5.10 Å². The molecule has 0 aromatic carbocycles. The van der Waals surface area contributed by atoms with Gasteiger partial charge in [-0.3, -0.25) is 9.48 Å². The Balaban J connectivity index is 1.65. The average Bonchev–Trinajstić information content (AvgIpc) is 3.03. The summed E-state index contributed by atoms with van der Waals surface area (Å²) in [5.74, 6) is 2.33. The van der Waals surface area contributed by atoms with Gasteiger partial charge in [-0.25, -0.2) is 0 Å². The van der Waals surface area contributed by atoms with Gasteiger partial charge in [-0.1, -0.05) is 6.42 Å². The molecule has 1 aromatic rings. The number of rotatable bonds is 3. The summed E-state index contributed by atoms with van der Waals surface area (Å²) < 4.78 is 2.41. The van der Waals surface area contributed by atoms with Crippen molar-refractivity contribution in [3.63, 3.8) is 0 Å². The van der Waals surface area contributed by atoms with Crippen LogP contribution in [0.3, 0.4) is 0 Å². The van der Waals surface area contributed by atoms with E-state index in [4.69, 9.17) is 0 Å². The second-order valence-corrected chi connectivity index (χ2v) is 6.95. The largest absolute Gasteiger partial charge is 0.348 e. The minimum atomic E-state index is -0.0669. The van der Waals surface area contributed by atoms with E-state index in [1.807, 2.05) is 7.05 Å². The maximum absolute atomic E-state index is 12.2. The van der Waals surface area contributed by atoms with E-state index in [0.29, 0.717) is 11.6 Å². The molecule has 2 saturated carbocycles. The van der Waals surface area contributed by atoms with E-state index < -0.39 is 0 Å². The van der Waals surface area contributed by atoms with Gasteiger partial charge in [0, 0.05) is 19.3 Å². The molecule has 1 heterocycles. The van der Waals surface area contributed by atoms with Gasteiger partial charge in [0.2, 0.25) is 0 Å². The predicted octanol–water partition coefficient (Wildman–Crippen LogP) is 2.74. The van der Waals surface area contributed by atoms with Crippen LogP contribution in [0.2, 0.25) is 0 Å². The van der Waals surface area contributed by atoms with E-state index >= 15 is 0 Å². The fourth-order valence-electron chi connectivity index (χ4n) is 3.90. The lowest BCUT2D eigenvalue weighted by atomic mass is 9.84. The Kier molecular flexibility index (Phi) is 3.41. The Morgan fingerprint density at radius 2 is 2.32 bits per heavy atom. The van der Waals surface area contributed by atoms with Crippen molar-refractivity contribution in [1.29, 1.82) is 0 Å². The second-order valence-electron chi connectivity index (χ2n) is 6.10. The molecule has 1 N–H and O–H groups in total. The van der Waals surface area contributed by atoms with Crippen LogP contribution in [0.15, 0.2) is 10.7 Å². The normalized spacial score (nSPS) is 30.6. The minimum absolute atomic E-state index is 0.0669. The first kappa shape index (κ1) is 13.2. The van der Waals surface area contributed by atoms with E-state index in [0.717, 1.165) is 16.3 Å². The first-order chi connectivity index (χ1) is 9.04. The number of aromatic nitrogens is 2. The molecule has 1 amide bonds. The molecule has 104 valence electrons. The summed E-state index contributed by atoms with van der Waals surface area (Å²) in [4.78, 5) is 12.2. The number of carbonyl (C=O) groups excluding carboxylic acids is 1. The highest BCUT2D eigenvalue weighted by molar-refractivity contribution is 9.10. The number of amides is 1. The number of fused-ring (bicyclic) bond motifs is 2. The lowest BCUT2D eigenvalue weighted by molar-refractivity contribution is 0.0908. The van der Waals surface area contributed by atoms with Crippen LogP contribution in [0, 0.1) is 17.8 Å². The molecule has 1 aromatic heterocycles. The zero-order valence-electron chi connectivity index (χ0n) is 11.4. The van der Waals surface area contributed by atoms with Crippen molar-refractivity contribution in [1.82, 2.24) is 15.1 Å². The molecule has 0 radical (unpaired) electrons. The molecule has 4 nitrogen and oxygen atoms in total. The molecule has 5 heteroatoms. The highest BCUT2D eigenvalue weighted by Gasteiger charge is 2.42. The van der Waals surface area contributed by atoms with Gasteiger partial charge in [0.25, 0.3) is 5.91 Å². The maximum atomic E-state index is 12.2. The summed E-state index contributed by atoms with van der Waals surface area (Å²) in [7, 11) is 1.82. The zero-order valence-corrected chi connectivity index (χ0v) is 13.0. The van der Waals surface area contributed by atoms with Crippen molar-refractivity contribution < 1.29 is 4.79 Å². The molecule has 0 aliphatic heterocycles. The van der Waals surface area contributed by atoms with Crippen LogP contribution in [0.1, 0.15) is 43.1 Å². The van der Waals surface area contributed by atoms with Gasteiger partial charge in [0.1, 0.15) is 0 Å². The van der Waals surface area contributed by atoms with Crippen molar-refractivity contribution in [2.45, 2.75) is 38.6 Å².